The molecule has 0 radical (unpaired) electrons. The standard InChI is InChI=1S/C33H51N5O11/c1-17-9-20(10-18(2)25(17)42)28(44)34-13-23(41)26(43)27-24(35-19(3)39)22(40)12-33(49-27,29(45)46)11-21-14-48-16-32(36-21)7-8-38(15-32)30(47)37-31(4,5)6/h9-10,21-24,26-27,36,40-43H,7-8,11-16H2,1-6H3,(H,34,44)(H,35,39)(H,37,47)(H,45,46)/t21-,22-,23+,24+,26+,27+,32-,33+/m0/s1. The number of aliphatic hydroxyl groups is 3. The molecule has 0 aromatic heterocycles. The van der Waals surface area contributed by atoms with Gasteiger partial charge in [-0.15, -0.1) is 0 Å². The van der Waals surface area contributed by atoms with Crippen LogP contribution in [-0.4, -0.2) is 140 Å². The summed E-state index contributed by atoms with van der Waals surface area (Å²) in [6.45, 7) is 10.8. The van der Waals surface area contributed by atoms with Gasteiger partial charge in [-0.1, -0.05) is 0 Å². The van der Waals surface area contributed by atoms with E-state index < -0.39 is 83.9 Å². The number of benzene rings is 1. The second-order valence-corrected chi connectivity index (χ2v) is 14.8. The van der Waals surface area contributed by atoms with Gasteiger partial charge in [-0.25, -0.2) is 9.59 Å². The number of hydrogen-bond acceptors (Lipinski definition) is 11. The number of aromatic hydroxyl groups is 1. The van der Waals surface area contributed by atoms with Crippen LogP contribution in [0.15, 0.2) is 12.1 Å². The molecular weight excluding hydrogens is 642 g/mol. The molecule has 0 unspecified atom stereocenters. The Hall–Kier alpha value is -3.54. The molecule has 3 aliphatic heterocycles. The lowest BCUT2D eigenvalue weighted by Gasteiger charge is -2.49. The number of carboxylic acid groups (broad SMARTS) is 1. The molecule has 274 valence electrons. The van der Waals surface area contributed by atoms with E-state index in [2.05, 4.69) is 21.3 Å². The first-order valence-electron chi connectivity index (χ1n) is 16.5. The number of phenols is 1. The molecule has 3 heterocycles. The first-order valence-corrected chi connectivity index (χ1v) is 16.5. The number of hydrogen-bond donors (Lipinski definition) is 9. The van der Waals surface area contributed by atoms with Crippen molar-refractivity contribution in [3.63, 3.8) is 0 Å². The quantitative estimate of drug-likeness (QED) is 0.156. The summed E-state index contributed by atoms with van der Waals surface area (Å²) >= 11 is 0. The lowest BCUT2D eigenvalue weighted by molar-refractivity contribution is -0.232. The smallest absolute Gasteiger partial charge is 0.336 e. The Bertz CT molecular complexity index is 1400. The molecule has 49 heavy (non-hydrogen) atoms. The third-order valence-electron chi connectivity index (χ3n) is 9.29. The van der Waals surface area contributed by atoms with Crippen LogP contribution in [-0.2, 0) is 19.1 Å². The maximum absolute atomic E-state index is 12.9. The SMILES string of the molecule is CC(=O)N[C@H]1[C@H]([C@H](O)[C@H](O)CNC(=O)c2cc(C)c(O)c(C)c2)O[C@@](C[C@H]2COC[C@@]3(CCN(C(=O)NC(C)(C)C)C3)N2)(C(=O)O)C[C@@H]1O. The van der Waals surface area contributed by atoms with Crippen LogP contribution in [0.2, 0.25) is 0 Å². The van der Waals surface area contributed by atoms with Crippen molar-refractivity contribution in [1.82, 2.24) is 26.2 Å². The first kappa shape index (κ1) is 38.3. The summed E-state index contributed by atoms with van der Waals surface area (Å²) in [6.07, 6.45) is -6.77. The molecule has 4 rings (SSSR count). The van der Waals surface area contributed by atoms with E-state index in [1.807, 2.05) is 20.8 Å². The summed E-state index contributed by atoms with van der Waals surface area (Å²) in [5.41, 5.74) is -2.01. The molecule has 8 atom stereocenters. The summed E-state index contributed by atoms with van der Waals surface area (Å²) in [5.74, 6) is -2.56. The number of nitrogens with zero attached hydrogens (tertiary/aromatic N) is 1. The summed E-state index contributed by atoms with van der Waals surface area (Å²) in [7, 11) is 0. The number of ether oxygens (including phenoxy) is 2. The molecule has 1 aromatic carbocycles. The summed E-state index contributed by atoms with van der Waals surface area (Å²) < 4.78 is 12.0. The van der Waals surface area contributed by atoms with Gasteiger partial charge in [-0.05, 0) is 64.3 Å². The molecule has 16 nitrogen and oxygen atoms in total. The van der Waals surface area contributed by atoms with Crippen LogP contribution >= 0.6 is 0 Å². The number of phenolic OH excluding ortho intramolecular Hbond substituents is 1. The van der Waals surface area contributed by atoms with Gasteiger partial charge in [0.2, 0.25) is 5.91 Å². The zero-order valence-corrected chi connectivity index (χ0v) is 28.9. The predicted molar refractivity (Wildman–Crippen MR) is 175 cm³/mol. The summed E-state index contributed by atoms with van der Waals surface area (Å²) in [5, 5.41) is 65.5. The van der Waals surface area contributed by atoms with Crippen molar-refractivity contribution in [1.29, 1.82) is 0 Å². The molecule has 3 aliphatic rings. The number of amides is 4. The topological polar surface area (TPSA) is 239 Å². The maximum Gasteiger partial charge on any atom is 0.336 e. The zero-order chi connectivity index (χ0) is 36.5. The van der Waals surface area contributed by atoms with Crippen molar-refractivity contribution >= 4 is 23.8 Å². The number of carboxylic acids is 1. The molecule has 0 aliphatic carbocycles. The number of morpholine rings is 1. The largest absolute Gasteiger partial charge is 0.507 e. The van der Waals surface area contributed by atoms with Gasteiger partial charge < -0.3 is 61.2 Å². The van der Waals surface area contributed by atoms with Gasteiger partial charge in [0.05, 0.1) is 37.0 Å². The van der Waals surface area contributed by atoms with Crippen molar-refractivity contribution < 1.29 is 54.2 Å². The van der Waals surface area contributed by atoms with E-state index in [1.165, 1.54) is 19.1 Å². The minimum Gasteiger partial charge on any atom is -0.507 e. The van der Waals surface area contributed by atoms with E-state index in [4.69, 9.17) is 9.47 Å². The molecule has 1 aromatic rings. The number of aliphatic hydroxyl groups excluding tert-OH is 3. The lowest BCUT2D eigenvalue weighted by Crippen LogP contribution is -2.69. The average molecular weight is 694 g/mol. The number of carbonyl (C=O) groups excluding carboxylic acids is 3. The Morgan fingerprint density at radius 2 is 1.80 bits per heavy atom. The molecule has 0 saturated carbocycles. The van der Waals surface area contributed by atoms with Crippen molar-refractivity contribution in [3.8, 4) is 5.75 Å². The second kappa shape index (κ2) is 14.7. The third kappa shape index (κ3) is 8.98. The van der Waals surface area contributed by atoms with Gasteiger partial charge in [-0.2, -0.15) is 0 Å². The van der Waals surface area contributed by atoms with Crippen LogP contribution in [0, 0.1) is 13.8 Å². The molecule has 3 fully saturated rings. The van der Waals surface area contributed by atoms with Gasteiger partial charge in [-0.3, -0.25) is 9.59 Å². The highest BCUT2D eigenvalue weighted by Crippen LogP contribution is 2.37. The third-order valence-corrected chi connectivity index (χ3v) is 9.29. The van der Waals surface area contributed by atoms with E-state index >= 15 is 0 Å². The minimum atomic E-state index is -2.08. The van der Waals surface area contributed by atoms with E-state index in [0.717, 1.165) is 0 Å². The Balaban J connectivity index is 1.49. The van der Waals surface area contributed by atoms with Crippen LogP contribution < -0.4 is 21.3 Å². The fourth-order valence-corrected chi connectivity index (χ4v) is 6.95. The van der Waals surface area contributed by atoms with E-state index in [9.17, 15) is 44.7 Å². The highest BCUT2D eigenvalue weighted by Gasteiger charge is 2.56. The number of carbonyl (C=O) groups is 4. The maximum atomic E-state index is 12.9. The number of aliphatic carboxylic acids is 1. The summed E-state index contributed by atoms with van der Waals surface area (Å²) in [6, 6.07) is 0.814. The second-order valence-electron chi connectivity index (χ2n) is 14.8. The highest BCUT2D eigenvalue weighted by atomic mass is 16.6. The Morgan fingerprint density at radius 1 is 1.14 bits per heavy atom. The number of rotatable bonds is 9. The van der Waals surface area contributed by atoms with E-state index in [-0.39, 0.29) is 30.4 Å². The van der Waals surface area contributed by atoms with Crippen LogP contribution in [0.3, 0.4) is 0 Å². The Kier molecular flexibility index (Phi) is 11.5. The van der Waals surface area contributed by atoms with Gasteiger partial charge in [0.1, 0.15) is 18.0 Å². The van der Waals surface area contributed by atoms with E-state index in [1.54, 1.807) is 18.7 Å². The van der Waals surface area contributed by atoms with Gasteiger partial charge in [0.25, 0.3) is 5.91 Å². The minimum absolute atomic E-state index is 0.0461. The molecule has 3 saturated heterocycles. The average Bonchev–Trinajstić information content (AvgIpc) is 3.40. The van der Waals surface area contributed by atoms with Crippen LogP contribution in [0.25, 0.3) is 0 Å². The van der Waals surface area contributed by atoms with Crippen LogP contribution in [0.4, 0.5) is 4.79 Å². The van der Waals surface area contributed by atoms with Crippen molar-refractivity contribution in [3.05, 3.63) is 28.8 Å². The van der Waals surface area contributed by atoms with Crippen LogP contribution in [0.5, 0.6) is 5.75 Å². The number of likely N-dealkylation sites (tertiary alicyclic amines) is 1. The monoisotopic (exact) mass is 693 g/mol. The van der Waals surface area contributed by atoms with Gasteiger partial charge in [0, 0.05) is 56.5 Å². The zero-order valence-electron chi connectivity index (χ0n) is 28.9. The normalized spacial score (nSPS) is 30.0. The molecular formula is C33H51N5O11. The number of nitrogens with one attached hydrogen (secondary N) is 4. The van der Waals surface area contributed by atoms with Crippen LogP contribution in [0.1, 0.15) is 68.4 Å². The molecule has 0 bridgehead atoms. The molecule has 4 amide bonds. The van der Waals surface area contributed by atoms with Gasteiger partial charge >= 0.3 is 12.0 Å². The van der Waals surface area contributed by atoms with Crippen molar-refractivity contribution in [2.24, 2.45) is 0 Å². The highest BCUT2D eigenvalue weighted by molar-refractivity contribution is 5.95. The number of urea groups is 1. The first-order chi connectivity index (χ1) is 22.7. The fraction of sp³-hybridized carbons (Fsp3) is 0.697. The van der Waals surface area contributed by atoms with E-state index in [0.29, 0.717) is 37.2 Å². The number of aryl methyl sites for hydroxylation is 2. The lowest BCUT2D eigenvalue weighted by atomic mass is 9.79. The molecule has 16 heteroatoms. The van der Waals surface area contributed by atoms with Crippen molar-refractivity contribution in [2.45, 2.75) is 114 Å². The Morgan fingerprint density at radius 3 is 2.39 bits per heavy atom. The van der Waals surface area contributed by atoms with Crippen molar-refractivity contribution in [2.75, 3.05) is 32.8 Å². The fourth-order valence-electron chi connectivity index (χ4n) is 6.95. The summed E-state index contributed by atoms with van der Waals surface area (Å²) in [4.78, 5) is 52.3. The van der Waals surface area contributed by atoms with Gasteiger partial charge in [0.15, 0.2) is 5.60 Å². The Labute approximate surface area is 285 Å². The molecule has 1 spiro atoms. The molecule has 9 N–H and O–H groups in total. The predicted octanol–water partition coefficient (Wildman–Crippen LogP) is -0.730.